The van der Waals surface area contributed by atoms with Crippen LogP contribution in [0.15, 0.2) is 70.5 Å². The summed E-state index contributed by atoms with van der Waals surface area (Å²) in [4.78, 5) is 46.7. The SMILES string of the molecule is O=C(/C=C/C(=O)Sc1ccccc1C(=O)O)Sc1ccccc1C(=O)O. The Labute approximate surface area is 156 Å². The molecule has 2 N–H and O–H groups in total. The molecule has 6 nitrogen and oxygen atoms in total. The lowest BCUT2D eigenvalue weighted by Crippen LogP contribution is -2.00. The lowest BCUT2D eigenvalue weighted by Gasteiger charge is -2.03. The van der Waals surface area contributed by atoms with Crippen LogP contribution in [0, 0.1) is 0 Å². The summed E-state index contributed by atoms with van der Waals surface area (Å²) in [6.45, 7) is 0. The maximum Gasteiger partial charge on any atom is 0.336 e. The van der Waals surface area contributed by atoms with E-state index in [1.54, 1.807) is 24.3 Å². The first kappa shape index (κ1) is 19.5. The Kier molecular flexibility index (Phi) is 6.76. The highest BCUT2D eigenvalue weighted by atomic mass is 32.2. The molecular formula is C18H12O6S2. The van der Waals surface area contributed by atoms with Gasteiger partial charge in [0.15, 0.2) is 0 Å². The summed E-state index contributed by atoms with van der Waals surface area (Å²) in [5, 5.41) is 17.1. The van der Waals surface area contributed by atoms with Gasteiger partial charge in [-0.15, -0.1) is 0 Å². The number of benzene rings is 2. The molecule has 2 rings (SSSR count). The number of aromatic carboxylic acids is 2. The van der Waals surface area contributed by atoms with Gasteiger partial charge in [0.05, 0.1) is 11.1 Å². The average molecular weight is 388 g/mol. The molecule has 8 heteroatoms. The second-order valence-corrected chi connectivity index (χ2v) is 6.87. The summed E-state index contributed by atoms with van der Waals surface area (Å²) < 4.78 is 0. The van der Waals surface area contributed by atoms with Crippen molar-refractivity contribution in [3.8, 4) is 0 Å². The number of hydrogen-bond acceptors (Lipinski definition) is 6. The van der Waals surface area contributed by atoms with Gasteiger partial charge in [-0.3, -0.25) is 9.59 Å². The van der Waals surface area contributed by atoms with E-state index in [0.29, 0.717) is 23.5 Å². The fourth-order valence-electron chi connectivity index (χ4n) is 1.89. The molecule has 0 aliphatic heterocycles. The molecular weight excluding hydrogens is 376 g/mol. The number of thioether (sulfide) groups is 2. The molecule has 132 valence electrons. The highest BCUT2D eigenvalue weighted by Gasteiger charge is 2.14. The first-order chi connectivity index (χ1) is 12.4. The van der Waals surface area contributed by atoms with E-state index in [4.69, 9.17) is 10.2 Å². The van der Waals surface area contributed by atoms with E-state index in [1.165, 1.54) is 24.3 Å². The molecule has 0 unspecified atom stereocenters. The Hall–Kier alpha value is -2.84. The number of carbonyl (C=O) groups is 4. The van der Waals surface area contributed by atoms with Gasteiger partial charge in [-0.05, 0) is 59.9 Å². The predicted octanol–water partition coefficient (Wildman–Crippen LogP) is 3.58. The predicted molar refractivity (Wildman–Crippen MR) is 97.7 cm³/mol. The molecule has 0 radical (unpaired) electrons. The van der Waals surface area contributed by atoms with Crippen molar-refractivity contribution in [2.24, 2.45) is 0 Å². The van der Waals surface area contributed by atoms with Gasteiger partial charge in [-0.1, -0.05) is 24.3 Å². The molecule has 0 bridgehead atoms. The third kappa shape index (κ3) is 5.33. The fraction of sp³-hybridized carbons (Fsp3) is 0. The van der Waals surface area contributed by atoms with E-state index in [0.717, 1.165) is 12.2 Å². The van der Waals surface area contributed by atoms with Crippen molar-refractivity contribution in [1.82, 2.24) is 0 Å². The Morgan fingerprint density at radius 1 is 0.654 bits per heavy atom. The number of hydrogen-bond donors (Lipinski definition) is 2. The molecule has 0 aliphatic carbocycles. The van der Waals surface area contributed by atoms with Crippen LogP contribution in [0.25, 0.3) is 0 Å². The average Bonchev–Trinajstić information content (AvgIpc) is 2.60. The van der Waals surface area contributed by atoms with Crippen molar-refractivity contribution >= 4 is 45.7 Å². The molecule has 0 aliphatic rings. The molecule has 2 aromatic carbocycles. The number of carbonyl (C=O) groups excluding carboxylic acids is 2. The van der Waals surface area contributed by atoms with Crippen LogP contribution in [0.4, 0.5) is 0 Å². The van der Waals surface area contributed by atoms with Crippen molar-refractivity contribution in [1.29, 1.82) is 0 Å². The Morgan fingerprint density at radius 2 is 1.00 bits per heavy atom. The van der Waals surface area contributed by atoms with E-state index in [1.807, 2.05) is 0 Å². The lowest BCUT2D eigenvalue weighted by molar-refractivity contribution is -0.109. The van der Waals surface area contributed by atoms with Gasteiger partial charge < -0.3 is 10.2 Å². The van der Waals surface area contributed by atoms with Crippen molar-refractivity contribution in [3.63, 3.8) is 0 Å². The minimum Gasteiger partial charge on any atom is -0.478 e. The second kappa shape index (κ2) is 9.02. The van der Waals surface area contributed by atoms with Gasteiger partial charge in [-0.2, -0.15) is 0 Å². The van der Waals surface area contributed by atoms with E-state index < -0.39 is 22.2 Å². The number of carboxylic acid groups (broad SMARTS) is 2. The topological polar surface area (TPSA) is 109 Å². The van der Waals surface area contributed by atoms with Crippen LogP contribution in [0.2, 0.25) is 0 Å². The molecule has 2 aromatic rings. The lowest BCUT2D eigenvalue weighted by atomic mass is 10.2. The van der Waals surface area contributed by atoms with Crippen molar-refractivity contribution in [2.75, 3.05) is 0 Å². The van der Waals surface area contributed by atoms with Crippen LogP contribution in [0.1, 0.15) is 20.7 Å². The summed E-state index contributed by atoms with van der Waals surface area (Å²) in [6.07, 6.45) is 2.06. The molecule has 0 fully saturated rings. The zero-order valence-electron chi connectivity index (χ0n) is 13.1. The number of carboxylic acids is 2. The molecule has 0 amide bonds. The minimum absolute atomic E-state index is 0.00432. The smallest absolute Gasteiger partial charge is 0.336 e. The van der Waals surface area contributed by atoms with Crippen LogP contribution in [-0.2, 0) is 9.59 Å². The zero-order valence-corrected chi connectivity index (χ0v) is 14.8. The van der Waals surface area contributed by atoms with Crippen LogP contribution >= 0.6 is 23.5 Å². The number of rotatable bonds is 6. The van der Waals surface area contributed by atoms with Crippen LogP contribution in [0.5, 0.6) is 0 Å². The first-order valence-corrected chi connectivity index (χ1v) is 8.78. The van der Waals surface area contributed by atoms with Gasteiger partial charge in [0.1, 0.15) is 0 Å². The van der Waals surface area contributed by atoms with Gasteiger partial charge in [0.2, 0.25) is 10.2 Å². The largest absolute Gasteiger partial charge is 0.478 e. The summed E-state index contributed by atoms with van der Waals surface area (Å²) in [5.41, 5.74) is -0.00864. The summed E-state index contributed by atoms with van der Waals surface area (Å²) in [5.74, 6) is -2.30. The molecule has 0 saturated carbocycles. The Balaban J connectivity index is 2.04. The maximum atomic E-state index is 11.9. The first-order valence-electron chi connectivity index (χ1n) is 7.15. The highest BCUT2D eigenvalue weighted by molar-refractivity contribution is 8.14. The molecule has 0 aromatic heterocycles. The third-order valence-electron chi connectivity index (χ3n) is 3.01. The quantitative estimate of drug-likeness (QED) is 0.571. The van der Waals surface area contributed by atoms with Gasteiger partial charge in [-0.25, -0.2) is 9.59 Å². The Bertz CT molecular complexity index is 831. The third-order valence-corrected chi connectivity index (χ3v) is 4.84. The molecule has 0 heterocycles. The van der Waals surface area contributed by atoms with E-state index in [-0.39, 0.29) is 20.9 Å². The van der Waals surface area contributed by atoms with Gasteiger partial charge >= 0.3 is 11.9 Å². The van der Waals surface area contributed by atoms with Gasteiger partial charge in [0, 0.05) is 9.79 Å². The van der Waals surface area contributed by atoms with Crippen LogP contribution in [-0.4, -0.2) is 32.4 Å². The monoisotopic (exact) mass is 388 g/mol. The Morgan fingerprint density at radius 3 is 1.35 bits per heavy atom. The van der Waals surface area contributed by atoms with Crippen LogP contribution < -0.4 is 0 Å². The van der Waals surface area contributed by atoms with E-state index >= 15 is 0 Å². The van der Waals surface area contributed by atoms with E-state index in [2.05, 4.69) is 0 Å². The van der Waals surface area contributed by atoms with Crippen molar-refractivity contribution in [2.45, 2.75) is 9.79 Å². The highest BCUT2D eigenvalue weighted by Crippen LogP contribution is 2.26. The summed E-state index contributed by atoms with van der Waals surface area (Å²) in [7, 11) is 0. The minimum atomic E-state index is -1.15. The molecule has 0 saturated heterocycles. The zero-order chi connectivity index (χ0) is 19.1. The second-order valence-electron chi connectivity index (χ2n) is 4.78. The fourth-order valence-corrected chi connectivity index (χ4v) is 3.42. The maximum absolute atomic E-state index is 11.9. The van der Waals surface area contributed by atoms with Crippen LogP contribution in [0.3, 0.4) is 0 Å². The molecule has 0 atom stereocenters. The molecule has 26 heavy (non-hydrogen) atoms. The standard InChI is InChI=1S/C18H12O6S2/c19-15(25-13-7-3-1-5-11(13)17(21)22)9-10-16(20)26-14-8-4-2-6-12(14)18(23)24/h1-10H,(H,21,22)(H,23,24)/b10-9+. The van der Waals surface area contributed by atoms with Crippen molar-refractivity contribution in [3.05, 3.63) is 71.8 Å². The molecule has 0 spiro atoms. The van der Waals surface area contributed by atoms with Crippen molar-refractivity contribution < 1.29 is 29.4 Å². The summed E-state index contributed by atoms with van der Waals surface area (Å²) in [6, 6.07) is 12.1. The normalized spacial score (nSPS) is 10.6. The summed E-state index contributed by atoms with van der Waals surface area (Å²) >= 11 is 1.39. The van der Waals surface area contributed by atoms with Gasteiger partial charge in [0.25, 0.3) is 0 Å². The van der Waals surface area contributed by atoms with E-state index in [9.17, 15) is 19.2 Å².